The van der Waals surface area contributed by atoms with Gasteiger partial charge in [0.25, 0.3) is 0 Å². The average Bonchev–Trinajstić information content (AvgIpc) is 2.98. The predicted octanol–water partition coefficient (Wildman–Crippen LogP) is 4.67. The zero-order chi connectivity index (χ0) is 21.9. The largest absolute Gasteiger partial charge is 0.497 e. The van der Waals surface area contributed by atoms with Gasteiger partial charge < -0.3 is 24.0 Å². The summed E-state index contributed by atoms with van der Waals surface area (Å²) in [5, 5.41) is 0. The Balaban J connectivity index is 1.81. The van der Waals surface area contributed by atoms with Crippen LogP contribution in [0.5, 0.6) is 5.75 Å². The van der Waals surface area contributed by atoms with Crippen molar-refractivity contribution in [1.82, 2.24) is 4.90 Å². The lowest BCUT2D eigenvalue weighted by atomic mass is 9.83. The Morgan fingerprint density at radius 2 is 2.00 bits per heavy atom. The summed E-state index contributed by atoms with van der Waals surface area (Å²) < 4.78 is 16.5. The fourth-order valence-electron chi connectivity index (χ4n) is 4.99. The monoisotopic (exact) mass is 418 g/mol. The van der Waals surface area contributed by atoms with Crippen LogP contribution in [-0.4, -0.2) is 63.1 Å². The van der Waals surface area contributed by atoms with Gasteiger partial charge in [-0.2, -0.15) is 0 Å². The minimum Gasteiger partial charge on any atom is -0.497 e. The smallest absolute Gasteiger partial charge is 0.410 e. The van der Waals surface area contributed by atoms with Crippen LogP contribution in [0.2, 0.25) is 0 Å². The van der Waals surface area contributed by atoms with Crippen molar-refractivity contribution in [3.8, 4) is 5.75 Å². The van der Waals surface area contributed by atoms with Crippen LogP contribution in [0.3, 0.4) is 0 Å². The molecule has 1 amide bonds. The molecule has 0 radical (unpaired) electrons. The highest BCUT2D eigenvalue weighted by atomic mass is 16.6. The Morgan fingerprint density at radius 1 is 1.23 bits per heavy atom. The normalized spacial score (nSPS) is 24.0. The Labute approximate surface area is 181 Å². The molecule has 2 heterocycles. The summed E-state index contributed by atoms with van der Waals surface area (Å²) in [6, 6.07) is 6.77. The summed E-state index contributed by atoms with van der Waals surface area (Å²) >= 11 is 0. The molecule has 0 N–H and O–H groups in total. The minimum atomic E-state index is -0.469. The van der Waals surface area contributed by atoms with Crippen molar-refractivity contribution >= 4 is 11.8 Å². The number of amides is 1. The zero-order valence-electron chi connectivity index (χ0n) is 19.4. The molecule has 1 saturated heterocycles. The first-order valence-electron chi connectivity index (χ1n) is 11.2. The van der Waals surface area contributed by atoms with Gasteiger partial charge in [-0.3, -0.25) is 0 Å². The summed E-state index contributed by atoms with van der Waals surface area (Å²) in [6.07, 6.45) is 2.93. The fraction of sp³-hybridized carbons (Fsp3) is 0.708. The van der Waals surface area contributed by atoms with Crippen molar-refractivity contribution in [2.24, 2.45) is 5.92 Å². The molecule has 0 aliphatic carbocycles. The Morgan fingerprint density at radius 3 is 2.67 bits per heavy atom. The molecular formula is C24H38N2O4. The predicted molar refractivity (Wildman–Crippen MR) is 120 cm³/mol. The first-order chi connectivity index (χ1) is 14.2. The average molecular weight is 419 g/mol. The quantitative estimate of drug-likeness (QED) is 0.629. The maximum Gasteiger partial charge on any atom is 0.410 e. The highest BCUT2D eigenvalue weighted by Crippen LogP contribution is 2.46. The molecule has 1 fully saturated rings. The number of carbonyl (C=O) groups is 1. The third-order valence-corrected chi connectivity index (χ3v) is 6.25. The van der Waals surface area contributed by atoms with Gasteiger partial charge >= 0.3 is 6.09 Å². The molecule has 1 aromatic rings. The highest BCUT2D eigenvalue weighted by molar-refractivity contribution is 5.68. The number of piperidine rings is 1. The van der Waals surface area contributed by atoms with Gasteiger partial charge in [-0.05, 0) is 69.7 Å². The maximum absolute atomic E-state index is 12.7. The molecule has 3 atom stereocenters. The molecule has 6 nitrogen and oxygen atoms in total. The summed E-state index contributed by atoms with van der Waals surface area (Å²) in [5.41, 5.74) is 2.16. The number of hydrogen-bond donors (Lipinski definition) is 0. The Bertz CT molecular complexity index is 730. The van der Waals surface area contributed by atoms with Gasteiger partial charge in [0.2, 0.25) is 0 Å². The van der Waals surface area contributed by atoms with Crippen LogP contribution in [0, 0.1) is 5.92 Å². The second kappa shape index (κ2) is 9.46. The van der Waals surface area contributed by atoms with Gasteiger partial charge in [0.15, 0.2) is 0 Å². The highest BCUT2D eigenvalue weighted by Gasteiger charge is 2.42. The maximum atomic E-state index is 12.7. The number of methoxy groups -OCH3 is 2. The molecule has 2 aliphatic rings. The lowest BCUT2D eigenvalue weighted by molar-refractivity contribution is 0.0148. The van der Waals surface area contributed by atoms with Gasteiger partial charge in [0.1, 0.15) is 11.4 Å². The molecule has 0 spiro atoms. The number of anilines is 1. The van der Waals surface area contributed by atoms with Crippen LogP contribution in [0.15, 0.2) is 18.2 Å². The minimum absolute atomic E-state index is 0.192. The third kappa shape index (κ3) is 5.02. The summed E-state index contributed by atoms with van der Waals surface area (Å²) in [6.45, 7) is 11.3. The van der Waals surface area contributed by atoms with Crippen molar-refractivity contribution in [2.45, 2.75) is 64.5 Å². The van der Waals surface area contributed by atoms with E-state index in [1.165, 1.54) is 11.3 Å². The van der Waals surface area contributed by atoms with E-state index >= 15 is 0 Å². The molecular weight excluding hydrogens is 380 g/mol. The van der Waals surface area contributed by atoms with E-state index in [0.717, 1.165) is 51.3 Å². The first kappa shape index (κ1) is 22.7. The van der Waals surface area contributed by atoms with E-state index in [2.05, 4.69) is 24.0 Å². The van der Waals surface area contributed by atoms with E-state index in [0.29, 0.717) is 17.9 Å². The van der Waals surface area contributed by atoms with E-state index in [4.69, 9.17) is 14.2 Å². The Kier molecular flexibility index (Phi) is 7.17. The van der Waals surface area contributed by atoms with Crippen LogP contribution < -0.4 is 9.64 Å². The molecule has 1 aromatic carbocycles. The lowest BCUT2D eigenvalue weighted by Gasteiger charge is -2.41. The van der Waals surface area contributed by atoms with Crippen molar-refractivity contribution in [3.05, 3.63) is 23.8 Å². The van der Waals surface area contributed by atoms with Gasteiger partial charge in [-0.1, -0.05) is 6.92 Å². The molecule has 6 heteroatoms. The molecule has 0 aromatic heterocycles. The van der Waals surface area contributed by atoms with Crippen LogP contribution in [0.1, 0.15) is 58.4 Å². The van der Waals surface area contributed by atoms with Crippen LogP contribution >= 0.6 is 0 Å². The van der Waals surface area contributed by atoms with Crippen molar-refractivity contribution in [2.75, 3.05) is 45.4 Å². The van der Waals surface area contributed by atoms with Crippen molar-refractivity contribution in [3.63, 3.8) is 0 Å². The Hall–Kier alpha value is -1.95. The van der Waals surface area contributed by atoms with E-state index in [1.807, 2.05) is 31.7 Å². The van der Waals surface area contributed by atoms with Gasteiger partial charge in [0.05, 0.1) is 7.11 Å². The number of carbonyl (C=O) groups excluding carboxylic acids is 1. The van der Waals surface area contributed by atoms with Crippen LogP contribution in [0.25, 0.3) is 0 Å². The summed E-state index contributed by atoms with van der Waals surface area (Å²) in [4.78, 5) is 17.2. The number of likely N-dealkylation sites (tertiary alicyclic amines) is 1. The molecule has 30 heavy (non-hydrogen) atoms. The van der Waals surface area contributed by atoms with Gasteiger partial charge in [-0.15, -0.1) is 0 Å². The molecule has 168 valence electrons. The second-order valence-electron chi connectivity index (χ2n) is 9.57. The van der Waals surface area contributed by atoms with Crippen molar-refractivity contribution < 1.29 is 19.0 Å². The molecule has 0 saturated carbocycles. The molecule has 0 bridgehead atoms. The van der Waals surface area contributed by atoms with E-state index < -0.39 is 5.60 Å². The number of hydrogen-bond acceptors (Lipinski definition) is 5. The van der Waals surface area contributed by atoms with Crippen LogP contribution in [0.4, 0.5) is 10.5 Å². The lowest BCUT2D eigenvalue weighted by Crippen LogP contribution is -2.50. The van der Waals surface area contributed by atoms with Gasteiger partial charge in [0, 0.05) is 51.0 Å². The SMILES string of the molecule is COCCCN1c2ccc(OC)cc2C(C)C1C1CCCN(C(=O)OC(C)(C)C)C1. The summed E-state index contributed by atoms with van der Waals surface area (Å²) in [5.74, 6) is 1.68. The second-order valence-corrected chi connectivity index (χ2v) is 9.57. The number of rotatable bonds is 6. The van der Waals surface area contributed by atoms with Crippen molar-refractivity contribution in [1.29, 1.82) is 0 Å². The number of ether oxygens (including phenoxy) is 3. The summed E-state index contributed by atoms with van der Waals surface area (Å²) in [7, 11) is 3.47. The first-order valence-corrected chi connectivity index (χ1v) is 11.2. The number of benzene rings is 1. The van der Waals surface area contributed by atoms with Crippen LogP contribution in [-0.2, 0) is 9.47 Å². The third-order valence-electron chi connectivity index (χ3n) is 6.25. The molecule has 3 rings (SSSR count). The number of nitrogens with zero attached hydrogens (tertiary/aromatic N) is 2. The van der Waals surface area contributed by atoms with E-state index in [-0.39, 0.29) is 6.09 Å². The standard InChI is InChI=1S/C24H38N2O4/c1-17-20-15-19(29-6)10-11-21(20)26(13-8-14-28-5)22(17)18-9-7-12-25(16-18)23(27)30-24(2,3)4/h10-11,15,17-18,22H,7-9,12-14,16H2,1-6H3. The van der Waals surface area contributed by atoms with E-state index in [1.54, 1.807) is 14.2 Å². The topological polar surface area (TPSA) is 51.2 Å². The number of fused-ring (bicyclic) bond motifs is 1. The van der Waals surface area contributed by atoms with E-state index in [9.17, 15) is 4.79 Å². The molecule has 3 unspecified atom stereocenters. The fourth-order valence-corrected chi connectivity index (χ4v) is 4.99. The molecule has 2 aliphatic heterocycles. The van der Waals surface area contributed by atoms with Gasteiger partial charge in [-0.25, -0.2) is 4.79 Å². The zero-order valence-corrected chi connectivity index (χ0v) is 19.4.